The molecule has 0 spiro atoms. The lowest BCUT2D eigenvalue weighted by Crippen LogP contribution is -2.34. The molecular weight excluding hydrogens is 218 g/mol. The number of rotatable bonds is 3. The Bertz CT molecular complexity index is 412. The van der Waals surface area contributed by atoms with Crippen LogP contribution in [0.3, 0.4) is 0 Å². The van der Waals surface area contributed by atoms with Crippen molar-refractivity contribution < 1.29 is 0 Å². The maximum Gasteiger partial charge on any atom is 0.0146 e. The summed E-state index contributed by atoms with van der Waals surface area (Å²) in [6, 6.07) is 9.24. The molecule has 1 aliphatic carbocycles. The van der Waals surface area contributed by atoms with Crippen molar-refractivity contribution in [2.75, 3.05) is 13.6 Å². The van der Waals surface area contributed by atoms with E-state index >= 15 is 0 Å². The number of nitrogens with one attached hydrogen (secondary N) is 1. The summed E-state index contributed by atoms with van der Waals surface area (Å²) in [7, 11) is 2.05. The summed E-state index contributed by atoms with van der Waals surface area (Å²) < 4.78 is 0. The summed E-state index contributed by atoms with van der Waals surface area (Å²) in [6.45, 7) is 7.85. The maximum absolute atomic E-state index is 3.35. The van der Waals surface area contributed by atoms with E-state index in [4.69, 9.17) is 0 Å². The van der Waals surface area contributed by atoms with Crippen LogP contribution >= 0.6 is 0 Å². The molecule has 0 heterocycles. The Morgan fingerprint density at radius 1 is 1.06 bits per heavy atom. The molecule has 0 atom stereocenters. The Balaban J connectivity index is 2.28. The van der Waals surface area contributed by atoms with E-state index in [1.807, 2.05) is 7.05 Å². The van der Waals surface area contributed by atoms with Crippen molar-refractivity contribution in [2.45, 2.75) is 44.4 Å². The predicted molar refractivity (Wildman–Crippen MR) is 79.1 cm³/mol. The molecule has 0 saturated heterocycles. The van der Waals surface area contributed by atoms with Gasteiger partial charge in [0, 0.05) is 12.0 Å². The van der Waals surface area contributed by atoms with Gasteiger partial charge in [-0.3, -0.25) is 0 Å². The summed E-state index contributed by atoms with van der Waals surface area (Å²) in [5.41, 5.74) is 3.40. The van der Waals surface area contributed by atoms with E-state index in [0.29, 0.717) is 0 Å². The second-order valence-electron chi connectivity index (χ2n) is 6.52. The molecule has 1 aromatic carbocycles. The van der Waals surface area contributed by atoms with Crippen molar-refractivity contribution in [3.8, 4) is 0 Å². The lowest BCUT2D eigenvalue weighted by molar-refractivity contribution is 0.435. The van der Waals surface area contributed by atoms with E-state index in [1.165, 1.54) is 11.1 Å². The van der Waals surface area contributed by atoms with E-state index in [0.717, 1.165) is 19.4 Å². The fourth-order valence-corrected chi connectivity index (χ4v) is 2.85. The summed E-state index contributed by atoms with van der Waals surface area (Å²) in [6.07, 6.45) is 6.94. The van der Waals surface area contributed by atoms with Crippen LogP contribution in [0.15, 0.2) is 36.4 Å². The highest BCUT2D eigenvalue weighted by Crippen LogP contribution is 2.37. The van der Waals surface area contributed by atoms with Crippen LogP contribution in [0.25, 0.3) is 0 Å². The molecule has 1 N–H and O–H groups in total. The molecule has 2 rings (SSSR count). The monoisotopic (exact) mass is 243 g/mol. The van der Waals surface area contributed by atoms with E-state index in [-0.39, 0.29) is 10.8 Å². The quantitative estimate of drug-likeness (QED) is 0.796. The van der Waals surface area contributed by atoms with Crippen LogP contribution in [0.1, 0.15) is 44.7 Å². The van der Waals surface area contributed by atoms with E-state index < -0.39 is 0 Å². The highest BCUT2D eigenvalue weighted by Gasteiger charge is 2.32. The molecule has 1 aliphatic rings. The minimum absolute atomic E-state index is 0.239. The van der Waals surface area contributed by atoms with Gasteiger partial charge in [-0.15, -0.1) is 0 Å². The zero-order chi connectivity index (χ0) is 13.2. The van der Waals surface area contributed by atoms with Gasteiger partial charge < -0.3 is 5.32 Å². The van der Waals surface area contributed by atoms with Crippen LogP contribution in [0, 0.1) is 0 Å². The molecule has 0 radical (unpaired) electrons. The minimum Gasteiger partial charge on any atom is -0.319 e. The van der Waals surface area contributed by atoms with Gasteiger partial charge in [0.2, 0.25) is 0 Å². The number of allylic oxidation sites excluding steroid dienone is 2. The predicted octanol–water partition coefficient (Wildman–Crippen LogP) is 3.79. The number of hydrogen-bond acceptors (Lipinski definition) is 1. The van der Waals surface area contributed by atoms with Crippen molar-refractivity contribution in [1.29, 1.82) is 0 Å². The van der Waals surface area contributed by atoms with Gasteiger partial charge in [-0.1, -0.05) is 57.2 Å². The molecule has 1 aromatic rings. The summed E-state index contributed by atoms with van der Waals surface area (Å²) in [4.78, 5) is 0. The summed E-state index contributed by atoms with van der Waals surface area (Å²) >= 11 is 0. The highest BCUT2D eigenvalue weighted by molar-refractivity contribution is 5.35. The van der Waals surface area contributed by atoms with Gasteiger partial charge in [-0.2, -0.15) is 0 Å². The zero-order valence-corrected chi connectivity index (χ0v) is 12.1. The summed E-state index contributed by atoms with van der Waals surface area (Å²) in [5, 5.41) is 3.35. The van der Waals surface area contributed by atoms with Gasteiger partial charge in [-0.25, -0.2) is 0 Å². The number of benzene rings is 1. The first kappa shape index (κ1) is 13.4. The van der Waals surface area contributed by atoms with Crippen LogP contribution in [0.2, 0.25) is 0 Å². The Labute approximate surface area is 111 Å². The van der Waals surface area contributed by atoms with Gasteiger partial charge in [0.15, 0.2) is 0 Å². The van der Waals surface area contributed by atoms with Crippen molar-refractivity contribution in [3.63, 3.8) is 0 Å². The molecule has 98 valence electrons. The average molecular weight is 243 g/mol. The molecule has 1 nitrogen and oxygen atoms in total. The number of likely N-dealkylation sites (N-methyl/N-ethyl adjacent to an activating group) is 1. The third-order valence-corrected chi connectivity index (χ3v) is 4.06. The summed E-state index contributed by atoms with van der Waals surface area (Å²) in [5.74, 6) is 0. The highest BCUT2D eigenvalue weighted by atomic mass is 14.8. The fourth-order valence-electron chi connectivity index (χ4n) is 2.85. The topological polar surface area (TPSA) is 12.0 Å². The van der Waals surface area contributed by atoms with Crippen molar-refractivity contribution >= 4 is 0 Å². The second kappa shape index (κ2) is 4.89. The zero-order valence-electron chi connectivity index (χ0n) is 12.1. The van der Waals surface area contributed by atoms with E-state index in [1.54, 1.807) is 0 Å². The van der Waals surface area contributed by atoms with Gasteiger partial charge in [-0.05, 0) is 36.4 Å². The molecule has 0 unspecified atom stereocenters. The fraction of sp³-hybridized carbons (Fsp3) is 0.529. The van der Waals surface area contributed by atoms with Gasteiger partial charge in [0.05, 0.1) is 0 Å². The molecular formula is C17H25N. The number of hydrogen-bond donors (Lipinski definition) is 1. The maximum atomic E-state index is 3.35. The largest absolute Gasteiger partial charge is 0.319 e. The second-order valence-corrected chi connectivity index (χ2v) is 6.52. The molecule has 0 bridgehead atoms. The van der Waals surface area contributed by atoms with Crippen LogP contribution < -0.4 is 5.32 Å². The lowest BCUT2D eigenvalue weighted by Gasteiger charge is -2.30. The van der Waals surface area contributed by atoms with Crippen molar-refractivity contribution in [2.24, 2.45) is 0 Å². The first-order valence-electron chi connectivity index (χ1n) is 6.89. The smallest absolute Gasteiger partial charge is 0.0146 e. The Hall–Kier alpha value is -1.08. The third kappa shape index (κ3) is 2.51. The normalized spacial score (nSPS) is 18.2. The van der Waals surface area contributed by atoms with E-state index in [2.05, 4.69) is 62.5 Å². The van der Waals surface area contributed by atoms with Gasteiger partial charge in [0.1, 0.15) is 0 Å². The minimum atomic E-state index is 0.239. The molecule has 1 heteroatoms. The Morgan fingerprint density at radius 3 is 2.06 bits per heavy atom. The van der Waals surface area contributed by atoms with Crippen LogP contribution in [-0.2, 0) is 10.8 Å². The average Bonchev–Trinajstić information content (AvgIpc) is 2.78. The lowest BCUT2D eigenvalue weighted by atomic mass is 9.76. The van der Waals surface area contributed by atoms with Crippen LogP contribution in [0.5, 0.6) is 0 Å². The SMILES string of the molecule is CNCC1(c2ccc(C(C)(C)C)cc2)CC=CC1. The van der Waals surface area contributed by atoms with Crippen LogP contribution in [0.4, 0.5) is 0 Å². The van der Waals surface area contributed by atoms with Crippen LogP contribution in [-0.4, -0.2) is 13.6 Å². The molecule has 0 fully saturated rings. The first-order chi connectivity index (χ1) is 8.48. The molecule has 0 amide bonds. The van der Waals surface area contributed by atoms with E-state index in [9.17, 15) is 0 Å². The molecule has 0 aromatic heterocycles. The van der Waals surface area contributed by atoms with Gasteiger partial charge in [0.25, 0.3) is 0 Å². The van der Waals surface area contributed by atoms with Gasteiger partial charge >= 0.3 is 0 Å². The third-order valence-electron chi connectivity index (χ3n) is 4.06. The Kier molecular flexibility index (Phi) is 3.63. The Morgan fingerprint density at radius 2 is 1.61 bits per heavy atom. The molecule has 0 saturated carbocycles. The molecule has 0 aliphatic heterocycles. The van der Waals surface area contributed by atoms with Crippen molar-refractivity contribution in [3.05, 3.63) is 47.5 Å². The van der Waals surface area contributed by atoms with Crippen molar-refractivity contribution in [1.82, 2.24) is 5.32 Å². The molecule has 18 heavy (non-hydrogen) atoms. The standard InChI is InChI=1S/C17H25N/c1-16(2,3)14-7-9-15(10-8-14)17(13-18-4)11-5-6-12-17/h5-10,18H,11-13H2,1-4H3. The first-order valence-corrected chi connectivity index (χ1v) is 6.89.